The summed E-state index contributed by atoms with van der Waals surface area (Å²) in [5.41, 5.74) is -1.06. The van der Waals surface area contributed by atoms with Crippen molar-refractivity contribution in [2.75, 3.05) is 113 Å². The van der Waals surface area contributed by atoms with E-state index in [1.165, 1.54) is 69.2 Å². The maximum absolute atomic E-state index is 12.2. The van der Waals surface area contributed by atoms with Crippen LogP contribution in [0.5, 0.6) is 0 Å². The highest BCUT2D eigenvalue weighted by Gasteiger charge is 2.39. The van der Waals surface area contributed by atoms with E-state index in [1.807, 2.05) is 47.1 Å². The van der Waals surface area contributed by atoms with Crippen LogP contribution < -0.4 is 16.0 Å². The lowest BCUT2D eigenvalue weighted by molar-refractivity contribution is -0.155. The summed E-state index contributed by atoms with van der Waals surface area (Å²) in [6.07, 6.45) is 11.4. The van der Waals surface area contributed by atoms with E-state index in [1.54, 1.807) is 55.2 Å². The van der Waals surface area contributed by atoms with Crippen LogP contribution in [0.2, 0.25) is 0 Å². The van der Waals surface area contributed by atoms with Gasteiger partial charge in [-0.25, -0.2) is 0 Å². The molecule has 0 spiro atoms. The molecule has 2 saturated heterocycles. The van der Waals surface area contributed by atoms with Crippen molar-refractivity contribution in [3.63, 3.8) is 0 Å². The van der Waals surface area contributed by atoms with Crippen molar-refractivity contribution in [2.24, 2.45) is 15.8 Å². The Balaban J connectivity index is -0.000000204. The maximum Gasteiger partial charge on any atom is 0.321 e. The monoisotopic (exact) mass is 1160 g/mol. The molecule has 0 aromatic carbocycles. The number of carbonyl (C=O) groups excluding carboxylic acids is 9. The van der Waals surface area contributed by atoms with Crippen molar-refractivity contribution >= 4 is 101 Å². The van der Waals surface area contributed by atoms with E-state index in [0.29, 0.717) is 32.0 Å². The van der Waals surface area contributed by atoms with Gasteiger partial charge in [0.2, 0.25) is 35.4 Å². The number of methoxy groups -OCH3 is 1. The van der Waals surface area contributed by atoms with Crippen LogP contribution in [0, 0.1) is 10.8 Å². The molecule has 0 saturated carbocycles. The summed E-state index contributed by atoms with van der Waals surface area (Å²) in [7, 11) is 9.77. The first kappa shape index (κ1) is 84.0. The standard InChI is InChI=1S/C15H24N2O6S.C11H22O3.C6H9NO2S.C5H10O2.C5H12O.C4H9NOS.C3H7NO.C3H7N/c1-15(2,3)14(22)23-6-5-17-11(18)7-10(12(17)19)24-8-9(16-4)13(20)21;1-5-6-7-13-8-9-14-10(12)11(2,3)4;1-7-5(8)3-4(10-2)6(7)9;1-3-4-7-5(2)6;1-3-4-5-6-2;1-5-4(6)3-7-2;1-3(5)4-2;1-3-4-2/h9-10,16H,5-8H2,1-4H3,(H,20,21);5-9H2,1-4H3;4H,3H2,1-2H3;3-4H2,1-2H3;3-5H2,1-2H3;3H2,1-2H3,(H,5,6);1-2H3,(H,4,5);3H,1-2H3. The fourth-order valence-electron chi connectivity index (χ4n) is 4.36. The van der Waals surface area contributed by atoms with Gasteiger partial charge in [0.25, 0.3) is 0 Å². The molecule has 3 unspecified atom stereocenters. The number of nitrogens with one attached hydrogen (secondary N) is 3. The first-order chi connectivity index (χ1) is 35.9. The number of likely N-dealkylation sites (N-methyl/N-ethyl adjacent to an activating group) is 1. The number of esters is 3. The van der Waals surface area contributed by atoms with Crippen molar-refractivity contribution in [1.29, 1.82) is 0 Å². The molecule has 0 aliphatic carbocycles. The van der Waals surface area contributed by atoms with Crippen LogP contribution in [0.25, 0.3) is 0 Å². The molecule has 2 rings (SSSR count). The highest BCUT2D eigenvalue weighted by atomic mass is 32.2. The molecule has 2 heterocycles. The molecule has 0 radical (unpaired) electrons. The molecule has 4 N–H and O–H groups in total. The number of thioether (sulfide) groups is 3. The zero-order valence-corrected chi connectivity index (χ0v) is 52.7. The molecule has 0 aromatic rings. The number of ether oxygens (including phenoxy) is 5. The van der Waals surface area contributed by atoms with E-state index in [0.717, 1.165) is 49.1 Å². The van der Waals surface area contributed by atoms with E-state index < -0.39 is 34.1 Å². The number of hydrogen-bond donors (Lipinski definition) is 4. The predicted octanol–water partition coefficient (Wildman–Crippen LogP) is 5.56. The second kappa shape index (κ2) is 53.7. The van der Waals surface area contributed by atoms with Crippen molar-refractivity contribution in [3.8, 4) is 0 Å². The number of aliphatic carboxylic acids is 1. The van der Waals surface area contributed by atoms with Gasteiger partial charge in [0.05, 0.1) is 46.8 Å². The van der Waals surface area contributed by atoms with Crippen LogP contribution in [0.15, 0.2) is 4.99 Å². The Kier molecular flexibility index (Phi) is 58.6. The molecule has 2 aliphatic rings. The summed E-state index contributed by atoms with van der Waals surface area (Å²) in [4.78, 5) is 116. The van der Waals surface area contributed by atoms with Crippen LogP contribution in [0.1, 0.15) is 128 Å². The highest BCUT2D eigenvalue weighted by Crippen LogP contribution is 2.26. The third-order valence-electron chi connectivity index (χ3n) is 9.19. The number of rotatable bonds is 22. The number of unbranched alkanes of at least 4 members (excludes halogenated alkanes) is 2. The Morgan fingerprint density at radius 3 is 1.53 bits per heavy atom. The summed E-state index contributed by atoms with van der Waals surface area (Å²) < 4.78 is 24.7. The number of imide groups is 2. The van der Waals surface area contributed by atoms with Gasteiger partial charge in [-0.2, -0.15) is 23.5 Å². The third-order valence-corrected chi connectivity index (χ3v) is 12.0. The zero-order valence-electron chi connectivity index (χ0n) is 50.3. The Morgan fingerprint density at radius 1 is 0.740 bits per heavy atom. The van der Waals surface area contributed by atoms with Gasteiger partial charge in [0.1, 0.15) is 19.3 Å². The van der Waals surface area contributed by atoms with E-state index >= 15 is 0 Å². The van der Waals surface area contributed by atoms with Gasteiger partial charge < -0.3 is 49.7 Å². The second-order valence-corrected chi connectivity index (χ2v) is 21.3. The van der Waals surface area contributed by atoms with Crippen molar-refractivity contribution < 1.29 is 76.7 Å². The maximum atomic E-state index is 12.2. The Labute approximate surface area is 474 Å². The fourth-order valence-corrected chi connectivity index (χ4v) is 6.70. The van der Waals surface area contributed by atoms with Gasteiger partial charge >= 0.3 is 23.9 Å². The summed E-state index contributed by atoms with van der Waals surface area (Å²) in [6, 6.07) is -0.778. The first-order valence-corrected chi connectivity index (χ1v) is 29.1. The van der Waals surface area contributed by atoms with Crippen LogP contribution in [-0.2, 0) is 71.6 Å². The number of nitrogens with zero attached hydrogens (tertiary/aromatic N) is 3. The van der Waals surface area contributed by atoms with Gasteiger partial charge in [0, 0.05) is 81.0 Å². The number of amides is 6. The molecule has 22 nitrogen and oxygen atoms in total. The molecule has 2 aliphatic heterocycles. The number of carboxylic acids is 1. The minimum absolute atomic E-state index is 0.00463. The van der Waals surface area contributed by atoms with Crippen LogP contribution in [0.3, 0.4) is 0 Å². The lowest BCUT2D eigenvalue weighted by atomic mass is 9.97. The minimum atomic E-state index is -1.01. The zero-order chi connectivity index (χ0) is 61.2. The average Bonchev–Trinajstić information content (AvgIpc) is 3.79. The number of carbonyl (C=O) groups is 10. The van der Waals surface area contributed by atoms with Gasteiger partial charge in [-0.15, -0.1) is 11.8 Å². The van der Waals surface area contributed by atoms with Gasteiger partial charge in [-0.3, -0.25) is 57.7 Å². The molecule has 3 atom stereocenters. The lowest BCUT2D eigenvalue weighted by Crippen LogP contribution is -2.38. The average molecular weight is 1160 g/mol. The normalized spacial score (nSPS) is 14.7. The molecule has 452 valence electrons. The number of hydrogen-bond acceptors (Lipinski definition) is 20. The largest absolute Gasteiger partial charge is 0.480 e. The smallest absolute Gasteiger partial charge is 0.321 e. The summed E-state index contributed by atoms with van der Waals surface area (Å²) in [6.45, 7) is 24.7. The Hall–Kier alpha value is -4.30. The number of likely N-dealkylation sites (tertiary alicyclic amines) is 2. The lowest BCUT2D eigenvalue weighted by Gasteiger charge is -2.19. The van der Waals surface area contributed by atoms with Gasteiger partial charge in [-0.05, 0) is 93.5 Å². The number of carboxylic acid groups (broad SMARTS) is 1. The third kappa shape index (κ3) is 52.2. The predicted molar refractivity (Wildman–Crippen MR) is 310 cm³/mol. The van der Waals surface area contributed by atoms with E-state index in [9.17, 15) is 47.9 Å². The molecular weight excluding hydrogens is 1060 g/mol. The van der Waals surface area contributed by atoms with Crippen LogP contribution in [-0.4, -0.2) is 210 Å². The van der Waals surface area contributed by atoms with Gasteiger partial charge in [-0.1, -0.05) is 33.6 Å². The summed E-state index contributed by atoms with van der Waals surface area (Å²) in [5, 5.41) is 15.8. The topological polar surface area (TPSA) is 292 Å². The Morgan fingerprint density at radius 2 is 1.23 bits per heavy atom. The molecule has 0 bridgehead atoms. The summed E-state index contributed by atoms with van der Waals surface area (Å²) in [5.74, 6) is -1.74. The fraction of sp³-hybridized carbons (Fsp3) is 0.788. The van der Waals surface area contributed by atoms with E-state index in [-0.39, 0.29) is 78.0 Å². The van der Waals surface area contributed by atoms with Crippen LogP contribution in [0.4, 0.5) is 0 Å². The molecule has 25 heteroatoms. The Bertz CT molecular complexity index is 1670. The SMILES string of the molecule is CC=NC.CCCCOC.CCCCOCCOC(=O)C(C)(C)C.CCCOC(C)=O.CNC(=O)CSC.CNC(C)=O.CNC(CSC1CC(=O)N(CCOC(=O)C(C)(C)C)C1=O)C(=O)O.CSC1CC(=O)N(C)C1=O. The van der Waals surface area contributed by atoms with Crippen molar-refractivity contribution in [2.45, 2.75) is 145 Å². The van der Waals surface area contributed by atoms with Crippen molar-refractivity contribution in [3.05, 3.63) is 0 Å². The van der Waals surface area contributed by atoms with Gasteiger partial charge in [0.15, 0.2) is 0 Å². The molecular formula is C52H100N6O16S3. The van der Waals surface area contributed by atoms with Crippen molar-refractivity contribution in [1.82, 2.24) is 25.8 Å². The minimum Gasteiger partial charge on any atom is -0.480 e. The quantitative estimate of drug-likeness (QED) is 0.0339. The summed E-state index contributed by atoms with van der Waals surface area (Å²) >= 11 is 4.10. The molecule has 77 heavy (non-hydrogen) atoms. The van der Waals surface area contributed by atoms with E-state index in [4.69, 9.17) is 24.1 Å². The second-order valence-electron chi connectivity index (χ2n) is 18.2. The first-order valence-electron chi connectivity index (χ1n) is 25.4. The van der Waals surface area contributed by atoms with E-state index in [2.05, 4.69) is 39.5 Å². The van der Waals surface area contributed by atoms with Crippen LogP contribution >= 0.6 is 35.3 Å². The molecule has 0 aromatic heterocycles. The number of aliphatic imine (C=N–C) groups is 1. The molecule has 2 fully saturated rings. The highest BCUT2D eigenvalue weighted by molar-refractivity contribution is 8.00. The molecule has 6 amide bonds.